The molecule has 5 atom stereocenters. The molecule has 0 aromatic heterocycles. The molecule has 3 nitrogen and oxygen atoms in total. The maximum Gasteiger partial charge on any atom is 0.103 e. The predicted molar refractivity (Wildman–Crippen MR) is 215 cm³/mol. The summed E-state index contributed by atoms with van der Waals surface area (Å²) in [5.41, 5.74) is 21.8. The second-order valence-electron chi connectivity index (χ2n) is 15.7. The van der Waals surface area contributed by atoms with Crippen molar-refractivity contribution in [1.29, 1.82) is 0 Å². The molecule has 2 N–H and O–H groups in total. The third-order valence-electron chi connectivity index (χ3n) is 13.0. The number of benzene rings is 3. The van der Waals surface area contributed by atoms with Gasteiger partial charge in [0.1, 0.15) is 6.17 Å². The minimum atomic E-state index is -0.218. The Kier molecular flexibility index (Phi) is 8.13. The van der Waals surface area contributed by atoms with Gasteiger partial charge in [0, 0.05) is 45.9 Å². The summed E-state index contributed by atoms with van der Waals surface area (Å²) in [6.45, 7) is 0. The predicted octanol–water partition coefficient (Wildman–Crippen LogP) is 9.53. The SMILES string of the molecule is NC(c1ccc(N2C3=C(CCC=C3)C3C2=c2ccccc2=C2CCc4ccccc4C23)cc1)N(C1=CC=CCC1)C1C=CC(C2=CC=CCC2)CC1. The molecular formula is C49H49N3. The highest BCUT2D eigenvalue weighted by Crippen LogP contribution is 2.56. The number of nitrogens with two attached hydrogens (primary N) is 1. The number of fused-ring (bicyclic) bond motifs is 7. The van der Waals surface area contributed by atoms with Gasteiger partial charge in [0.05, 0.1) is 0 Å². The van der Waals surface area contributed by atoms with Crippen LogP contribution < -0.4 is 21.1 Å². The van der Waals surface area contributed by atoms with E-state index < -0.39 is 0 Å². The summed E-state index contributed by atoms with van der Waals surface area (Å²) < 4.78 is 0. The van der Waals surface area contributed by atoms with E-state index in [1.165, 1.54) is 69.2 Å². The van der Waals surface area contributed by atoms with Gasteiger partial charge in [-0.15, -0.1) is 0 Å². The number of allylic oxidation sites excluding steroid dienone is 11. The molecule has 3 aromatic carbocycles. The lowest BCUT2D eigenvalue weighted by atomic mass is 9.66. The average molecular weight is 680 g/mol. The molecule has 3 aromatic rings. The normalized spacial score (nSPS) is 26.2. The Morgan fingerprint density at radius 3 is 2.25 bits per heavy atom. The molecule has 1 aliphatic heterocycles. The van der Waals surface area contributed by atoms with Crippen molar-refractivity contribution in [1.82, 2.24) is 4.90 Å². The van der Waals surface area contributed by atoms with Gasteiger partial charge in [-0.3, -0.25) is 0 Å². The van der Waals surface area contributed by atoms with Crippen LogP contribution in [0.1, 0.15) is 86.6 Å². The molecule has 1 heterocycles. The van der Waals surface area contributed by atoms with Crippen molar-refractivity contribution in [3.63, 3.8) is 0 Å². The quantitative estimate of drug-likeness (QED) is 0.208. The fraction of sp³-hybridized carbons (Fsp3) is 0.306. The maximum atomic E-state index is 7.34. The van der Waals surface area contributed by atoms with Gasteiger partial charge in [0.2, 0.25) is 0 Å². The van der Waals surface area contributed by atoms with Crippen LogP contribution in [0.15, 0.2) is 156 Å². The number of nitrogens with zero attached hydrogens (tertiary/aromatic N) is 2. The fourth-order valence-corrected chi connectivity index (χ4v) is 10.6. The molecule has 7 aliphatic rings. The number of hydrogen-bond donors (Lipinski definition) is 1. The van der Waals surface area contributed by atoms with Gasteiger partial charge >= 0.3 is 0 Å². The first-order valence-corrected chi connectivity index (χ1v) is 19.9. The number of hydrogen-bond acceptors (Lipinski definition) is 3. The first-order chi connectivity index (χ1) is 25.7. The van der Waals surface area contributed by atoms with Crippen LogP contribution in [0.4, 0.5) is 5.69 Å². The number of rotatable bonds is 6. The van der Waals surface area contributed by atoms with E-state index in [2.05, 4.69) is 143 Å². The van der Waals surface area contributed by atoms with Crippen LogP contribution in [0.3, 0.4) is 0 Å². The average Bonchev–Trinajstić information content (AvgIpc) is 3.57. The molecule has 260 valence electrons. The monoisotopic (exact) mass is 679 g/mol. The largest absolute Gasteiger partial charge is 0.349 e. The Balaban J connectivity index is 1.03. The van der Waals surface area contributed by atoms with Gasteiger partial charge in [0.15, 0.2) is 0 Å². The van der Waals surface area contributed by atoms with Gasteiger partial charge in [-0.05, 0) is 122 Å². The standard InChI is InChI=1S/C49H49N3/c50-49(51(37-16-5-2-6-17-37)38-28-23-34(24-29-38)33-13-3-1-4-14-33)36-25-30-39(31-26-36)52-45-22-12-11-21-44(45)47-46-40-18-8-7-15-35(40)27-32-42(46)41-19-9-10-20-43(41)48(47)52/h1-3,5,7-10,12-13,15-16,18-20,22-23,25-26,28,30-31,34,38,46-47,49H,4,6,11,14,17,21,24,27,29,32,50H2. The van der Waals surface area contributed by atoms with Gasteiger partial charge < -0.3 is 15.5 Å². The summed E-state index contributed by atoms with van der Waals surface area (Å²) in [6.07, 6.45) is 34.4. The van der Waals surface area contributed by atoms with Gasteiger partial charge in [-0.1, -0.05) is 120 Å². The summed E-state index contributed by atoms with van der Waals surface area (Å²) in [6, 6.07) is 28.1. The third kappa shape index (κ3) is 5.27. The van der Waals surface area contributed by atoms with Crippen LogP contribution in [0, 0.1) is 11.8 Å². The first-order valence-electron chi connectivity index (χ1n) is 19.9. The Labute approximate surface area is 308 Å². The minimum absolute atomic E-state index is 0.218. The third-order valence-corrected chi connectivity index (χ3v) is 13.0. The molecule has 52 heavy (non-hydrogen) atoms. The lowest BCUT2D eigenvalue weighted by Gasteiger charge is -2.41. The van der Waals surface area contributed by atoms with E-state index in [1.54, 1.807) is 16.7 Å². The summed E-state index contributed by atoms with van der Waals surface area (Å²) in [4.78, 5) is 5.14. The molecule has 0 saturated heterocycles. The second-order valence-corrected chi connectivity index (χ2v) is 15.7. The van der Waals surface area contributed by atoms with Crippen molar-refractivity contribution in [2.75, 3.05) is 4.90 Å². The zero-order valence-corrected chi connectivity index (χ0v) is 30.1. The Hall–Kier alpha value is -4.86. The highest BCUT2D eigenvalue weighted by molar-refractivity contribution is 5.87. The maximum absolute atomic E-state index is 7.34. The molecular weight excluding hydrogens is 631 g/mol. The minimum Gasteiger partial charge on any atom is -0.349 e. The van der Waals surface area contributed by atoms with E-state index in [0.29, 0.717) is 23.8 Å². The second kappa shape index (κ2) is 13.3. The van der Waals surface area contributed by atoms with E-state index in [0.717, 1.165) is 44.9 Å². The van der Waals surface area contributed by atoms with Crippen LogP contribution in [0.25, 0.3) is 11.3 Å². The van der Waals surface area contributed by atoms with E-state index >= 15 is 0 Å². The van der Waals surface area contributed by atoms with Gasteiger partial charge in [0.25, 0.3) is 0 Å². The lowest BCUT2D eigenvalue weighted by Crippen LogP contribution is -2.43. The molecule has 0 bridgehead atoms. The van der Waals surface area contributed by atoms with Gasteiger partial charge in [-0.2, -0.15) is 0 Å². The molecule has 0 saturated carbocycles. The zero-order chi connectivity index (χ0) is 34.6. The summed E-state index contributed by atoms with van der Waals surface area (Å²) in [5.74, 6) is 1.30. The topological polar surface area (TPSA) is 32.5 Å². The van der Waals surface area contributed by atoms with Crippen LogP contribution in [-0.4, -0.2) is 10.9 Å². The van der Waals surface area contributed by atoms with E-state index in [1.807, 2.05) is 0 Å². The molecule has 0 radical (unpaired) electrons. The van der Waals surface area contributed by atoms with Crippen molar-refractivity contribution < 1.29 is 0 Å². The van der Waals surface area contributed by atoms with Gasteiger partial charge in [-0.25, -0.2) is 0 Å². The van der Waals surface area contributed by atoms with Crippen molar-refractivity contribution in [3.8, 4) is 0 Å². The molecule has 3 heteroatoms. The molecule has 6 aliphatic carbocycles. The van der Waals surface area contributed by atoms with E-state index in [4.69, 9.17) is 5.73 Å². The van der Waals surface area contributed by atoms with Crippen molar-refractivity contribution in [2.24, 2.45) is 17.6 Å². The van der Waals surface area contributed by atoms with Crippen LogP contribution in [-0.2, 0) is 6.42 Å². The smallest absolute Gasteiger partial charge is 0.103 e. The Morgan fingerprint density at radius 1 is 0.673 bits per heavy atom. The Bertz CT molecular complexity index is 2260. The lowest BCUT2D eigenvalue weighted by molar-refractivity contribution is 0.191. The highest BCUT2D eigenvalue weighted by atomic mass is 15.3. The van der Waals surface area contributed by atoms with Crippen LogP contribution in [0.5, 0.6) is 0 Å². The zero-order valence-electron chi connectivity index (χ0n) is 30.1. The fourth-order valence-electron chi connectivity index (χ4n) is 10.6. The highest BCUT2D eigenvalue weighted by Gasteiger charge is 2.46. The molecule has 0 amide bonds. The van der Waals surface area contributed by atoms with Crippen molar-refractivity contribution in [2.45, 2.75) is 82.3 Å². The summed E-state index contributed by atoms with van der Waals surface area (Å²) >= 11 is 0. The number of aryl methyl sites for hydroxylation is 1. The Morgan fingerprint density at radius 2 is 1.46 bits per heavy atom. The van der Waals surface area contributed by atoms with Crippen molar-refractivity contribution >= 4 is 17.0 Å². The van der Waals surface area contributed by atoms with E-state index in [-0.39, 0.29) is 6.17 Å². The van der Waals surface area contributed by atoms with Crippen LogP contribution in [0.2, 0.25) is 0 Å². The van der Waals surface area contributed by atoms with Crippen molar-refractivity contribution in [3.05, 3.63) is 183 Å². The molecule has 0 spiro atoms. The summed E-state index contributed by atoms with van der Waals surface area (Å²) in [7, 11) is 0. The molecule has 0 fully saturated rings. The molecule has 10 rings (SSSR count). The van der Waals surface area contributed by atoms with E-state index in [9.17, 15) is 0 Å². The molecule has 5 unspecified atom stereocenters. The number of anilines is 1. The summed E-state index contributed by atoms with van der Waals surface area (Å²) in [5, 5.41) is 2.86. The first kappa shape index (κ1) is 31.8. The van der Waals surface area contributed by atoms with Crippen LogP contribution >= 0.6 is 0 Å².